The molecule has 1 amide bonds. The van der Waals surface area contributed by atoms with Gasteiger partial charge >= 0.3 is 11.9 Å². The molecule has 1 fully saturated rings. The number of nitrogens with one attached hydrogen (secondary N) is 1. The molecular weight excluding hydrogens is 492 g/mol. The summed E-state index contributed by atoms with van der Waals surface area (Å²) in [5, 5.41) is 14.5. The molecule has 38 heavy (non-hydrogen) atoms. The van der Waals surface area contributed by atoms with Crippen LogP contribution in [-0.2, 0) is 23.9 Å². The van der Waals surface area contributed by atoms with Crippen LogP contribution in [0.2, 0.25) is 0 Å². The molecule has 0 radical (unpaired) electrons. The Labute approximate surface area is 222 Å². The summed E-state index contributed by atoms with van der Waals surface area (Å²) in [7, 11) is 1.25. The summed E-state index contributed by atoms with van der Waals surface area (Å²) in [6.45, 7) is 11.2. The molecule has 11 nitrogen and oxygen atoms in total. The van der Waals surface area contributed by atoms with Crippen molar-refractivity contribution in [3.63, 3.8) is 0 Å². The molecule has 2 heterocycles. The number of carbonyl (C=O) groups is 3. The van der Waals surface area contributed by atoms with Gasteiger partial charge in [0.15, 0.2) is 0 Å². The third kappa shape index (κ3) is 6.77. The first kappa shape index (κ1) is 28.8. The largest absolute Gasteiger partial charge is 0.466 e. The van der Waals surface area contributed by atoms with E-state index in [4.69, 9.17) is 9.47 Å². The zero-order chi connectivity index (χ0) is 28.0. The predicted octanol–water partition coefficient (Wildman–Crippen LogP) is 2.74. The van der Waals surface area contributed by atoms with Crippen molar-refractivity contribution in [3.05, 3.63) is 62.5 Å². The number of non-ortho nitro benzene ring substituents is 1. The van der Waals surface area contributed by atoms with Crippen LogP contribution in [-0.4, -0.2) is 79.5 Å². The number of hydrogen-bond acceptors (Lipinski definition) is 9. The number of amides is 1. The second-order valence-corrected chi connectivity index (χ2v) is 10.5. The fourth-order valence-corrected chi connectivity index (χ4v) is 5.04. The third-order valence-electron chi connectivity index (χ3n) is 6.82. The van der Waals surface area contributed by atoms with Gasteiger partial charge in [-0.1, -0.05) is 26.0 Å². The van der Waals surface area contributed by atoms with Crippen LogP contribution >= 0.6 is 0 Å². The molecule has 1 aromatic carbocycles. The van der Waals surface area contributed by atoms with E-state index in [0.29, 0.717) is 30.0 Å². The molecule has 1 aromatic rings. The van der Waals surface area contributed by atoms with Crippen molar-refractivity contribution in [2.45, 2.75) is 40.0 Å². The number of benzene rings is 1. The van der Waals surface area contributed by atoms with Crippen molar-refractivity contribution < 1.29 is 28.8 Å². The van der Waals surface area contributed by atoms with E-state index in [1.165, 1.54) is 25.3 Å². The normalized spacial score (nSPS) is 19.0. The minimum atomic E-state index is -0.904. The van der Waals surface area contributed by atoms with Crippen LogP contribution in [0, 0.1) is 15.5 Å². The quantitative estimate of drug-likeness (QED) is 0.222. The van der Waals surface area contributed by atoms with Crippen molar-refractivity contribution in [2.75, 3.05) is 46.4 Å². The maximum Gasteiger partial charge on any atom is 0.336 e. The first-order valence-corrected chi connectivity index (χ1v) is 12.6. The van der Waals surface area contributed by atoms with Crippen molar-refractivity contribution in [3.8, 4) is 0 Å². The van der Waals surface area contributed by atoms with Crippen molar-refractivity contribution in [1.82, 2.24) is 15.1 Å². The first-order chi connectivity index (χ1) is 18.0. The summed E-state index contributed by atoms with van der Waals surface area (Å²) in [5.74, 6) is -2.16. The van der Waals surface area contributed by atoms with Gasteiger partial charge in [-0.25, -0.2) is 9.59 Å². The molecule has 1 N–H and O–H groups in total. The molecule has 1 atom stereocenters. The van der Waals surface area contributed by atoms with Crippen LogP contribution in [0.1, 0.15) is 45.6 Å². The van der Waals surface area contributed by atoms with Gasteiger partial charge in [0.05, 0.1) is 35.7 Å². The van der Waals surface area contributed by atoms with Crippen LogP contribution in [0.25, 0.3) is 0 Å². The molecule has 1 saturated heterocycles. The lowest BCUT2D eigenvalue weighted by Crippen LogP contribution is -2.40. The average Bonchev–Trinajstić information content (AvgIpc) is 3.11. The summed E-state index contributed by atoms with van der Waals surface area (Å²) in [5.41, 5.74) is 1.25. The van der Waals surface area contributed by atoms with E-state index in [1.807, 2.05) is 13.8 Å². The first-order valence-electron chi connectivity index (χ1n) is 12.6. The van der Waals surface area contributed by atoms with Crippen LogP contribution in [0.4, 0.5) is 5.69 Å². The van der Waals surface area contributed by atoms with Gasteiger partial charge in [-0.3, -0.25) is 14.9 Å². The number of carbonyl (C=O) groups excluding carboxylic acids is 3. The molecule has 1 unspecified atom stereocenters. The maximum atomic E-state index is 13.6. The van der Waals surface area contributed by atoms with E-state index in [2.05, 4.69) is 10.2 Å². The molecule has 0 aliphatic carbocycles. The van der Waals surface area contributed by atoms with E-state index in [9.17, 15) is 24.5 Å². The number of allylic oxidation sites excluding steroid dienone is 2. The highest BCUT2D eigenvalue weighted by molar-refractivity contribution is 5.99. The van der Waals surface area contributed by atoms with E-state index in [1.54, 1.807) is 24.8 Å². The molecule has 3 rings (SSSR count). The Morgan fingerprint density at radius 2 is 1.82 bits per heavy atom. The fourth-order valence-electron chi connectivity index (χ4n) is 5.04. The molecule has 0 aromatic heterocycles. The van der Waals surface area contributed by atoms with Gasteiger partial charge in [-0.05, 0) is 32.4 Å². The lowest BCUT2D eigenvalue weighted by atomic mass is 9.80. The van der Waals surface area contributed by atoms with Gasteiger partial charge in [0.1, 0.15) is 0 Å². The van der Waals surface area contributed by atoms with Gasteiger partial charge in [0.25, 0.3) is 5.69 Å². The lowest BCUT2D eigenvalue weighted by molar-refractivity contribution is -0.384. The lowest BCUT2D eigenvalue weighted by Gasteiger charge is -2.33. The van der Waals surface area contributed by atoms with Crippen molar-refractivity contribution in [1.29, 1.82) is 0 Å². The Kier molecular flexibility index (Phi) is 9.26. The van der Waals surface area contributed by atoms with Crippen molar-refractivity contribution in [2.24, 2.45) is 5.41 Å². The SMILES string of the molecule is COC(=O)C1=C(C)NC(C)=C(C(=O)OCC(C)(C)CN2CCCN(C=O)CC2)C1c1cccc([N+](=O)[O-])c1. The van der Waals surface area contributed by atoms with Gasteiger partial charge in [0, 0.05) is 55.1 Å². The summed E-state index contributed by atoms with van der Waals surface area (Å²) >= 11 is 0. The Balaban J connectivity index is 1.85. The highest BCUT2D eigenvalue weighted by atomic mass is 16.6. The summed E-state index contributed by atoms with van der Waals surface area (Å²) in [6, 6.07) is 5.88. The zero-order valence-electron chi connectivity index (χ0n) is 22.6. The number of nitrogens with zero attached hydrogens (tertiary/aromatic N) is 3. The second kappa shape index (κ2) is 12.2. The second-order valence-electron chi connectivity index (χ2n) is 10.5. The number of nitro benzene ring substituents is 1. The number of nitro groups is 1. The summed E-state index contributed by atoms with van der Waals surface area (Å²) < 4.78 is 10.8. The van der Waals surface area contributed by atoms with Gasteiger partial charge in [0.2, 0.25) is 6.41 Å². The Hall–Kier alpha value is -3.73. The highest BCUT2D eigenvalue weighted by Crippen LogP contribution is 2.40. The van der Waals surface area contributed by atoms with Gasteiger partial charge in [-0.2, -0.15) is 0 Å². The molecule has 0 saturated carbocycles. The molecule has 2 aliphatic heterocycles. The number of hydrogen-bond donors (Lipinski definition) is 1. The van der Waals surface area contributed by atoms with Crippen LogP contribution in [0.5, 0.6) is 0 Å². The minimum absolute atomic E-state index is 0.119. The standard InChI is InChI=1S/C27H36N4O7/c1-18-22(25(33)37-5)24(20-8-6-9-21(14-20)31(35)36)23(19(2)28-18)26(34)38-16-27(3,4)15-29-10-7-11-30(17-32)13-12-29/h6,8-9,14,17,24,28H,7,10-13,15-16H2,1-5H3. The molecule has 11 heteroatoms. The van der Waals surface area contributed by atoms with Gasteiger partial charge in [-0.15, -0.1) is 0 Å². The predicted molar refractivity (Wildman–Crippen MR) is 140 cm³/mol. The molecule has 206 valence electrons. The maximum absolute atomic E-state index is 13.6. The van der Waals surface area contributed by atoms with Crippen LogP contribution in [0.15, 0.2) is 46.8 Å². The topological polar surface area (TPSA) is 131 Å². The molecular formula is C27H36N4O7. The van der Waals surface area contributed by atoms with E-state index in [0.717, 1.165) is 32.5 Å². The van der Waals surface area contributed by atoms with Crippen LogP contribution in [0.3, 0.4) is 0 Å². The molecule has 2 aliphatic rings. The molecule has 0 bridgehead atoms. The smallest absolute Gasteiger partial charge is 0.336 e. The zero-order valence-corrected chi connectivity index (χ0v) is 22.6. The van der Waals surface area contributed by atoms with Crippen molar-refractivity contribution >= 4 is 24.0 Å². The number of methoxy groups -OCH3 is 1. The Morgan fingerprint density at radius 1 is 1.13 bits per heavy atom. The number of dihydropyridines is 1. The summed E-state index contributed by atoms with van der Waals surface area (Å²) in [6.07, 6.45) is 1.75. The van der Waals surface area contributed by atoms with E-state index >= 15 is 0 Å². The number of rotatable bonds is 9. The fraction of sp³-hybridized carbons (Fsp3) is 0.519. The highest BCUT2D eigenvalue weighted by Gasteiger charge is 2.39. The van der Waals surface area contributed by atoms with Crippen LogP contribution < -0.4 is 5.32 Å². The average molecular weight is 529 g/mol. The Bertz CT molecular complexity index is 1160. The van der Waals surface area contributed by atoms with Gasteiger partial charge < -0.3 is 24.6 Å². The third-order valence-corrected chi connectivity index (χ3v) is 6.82. The number of esters is 2. The number of ether oxygens (including phenoxy) is 2. The monoisotopic (exact) mass is 528 g/mol. The molecule has 0 spiro atoms. The Morgan fingerprint density at radius 3 is 2.45 bits per heavy atom. The minimum Gasteiger partial charge on any atom is -0.466 e. The van der Waals surface area contributed by atoms with E-state index < -0.39 is 22.8 Å². The van der Waals surface area contributed by atoms with E-state index in [-0.39, 0.29) is 28.9 Å². The summed E-state index contributed by atoms with van der Waals surface area (Å²) in [4.78, 5) is 52.4.